The van der Waals surface area contributed by atoms with E-state index in [1.54, 1.807) is 0 Å². The number of aliphatic hydroxyl groups excluding tert-OH is 2. The van der Waals surface area contributed by atoms with E-state index >= 15 is 0 Å². The molecule has 2 N–H and O–H groups in total. The van der Waals surface area contributed by atoms with E-state index in [4.69, 9.17) is 0 Å². The Balaban J connectivity index is 1.84. The summed E-state index contributed by atoms with van der Waals surface area (Å²) >= 11 is 0. The molecule has 1 fully saturated rings. The second kappa shape index (κ2) is 6.32. The lowest BCUT2D eigenvalue weighted by molar-refractivity contribution is 0.117. The molecule has 0 radical (unpaired) electrons. The predicted molar refractivity (Wildman–Crippen MR) is 72.4 cm³/mol. The molecule has 0 aromatic heterocycles. The summed E-state index contributed by atoms with van der Waals surface area (Å²) in [5.74, 6) is 0. The number of hydrogen-bond acceptors (Lipinski definition) is 3. The molecule has 0 saturated carbocycles. The molecule has 2 rings (SSSR count). The molecule has 2 atom stereocenters. The van der Waals surface area contributed by atoms with Crippen LogP contribution in [0.2, 0.25) is 0 Å². The van der Waals surface area contributed by atoms with Gasteiger partial charge in [-0.2, -0.15) is 0 Å². The van der Waals surface area contributed by atoms with Crippen LogP contribution in [-0.2, 0) is 0 Å². The number of likely N-dealkylation sites (tertiary alicyclic amines) is 1. The van der Waals surface area contributed by atoms with E-state index in [0.717, 1.165) is 37.9 Å². The fraction of sp³-hybridized carbons (Fsp3) is 0.600. The summed E-state index contributed by atoms with van der Waals surface area (Å²) in [6.45, 7) is 4.19. The van der Waals surface area contributed by atoms with E-state index < -0.39 is 6.10 Å². The van der Waals surface area contributed by atoms with Gasteiger partial charge in [-0.05, 0) is 38.3 Å². The second-order valence-electron chi connectivity index (χ2n) is 5.23. The van der Waals surface area contributed by atoms with Gasteiger partial charge in [-0.15, -0.1) is 0 Å². The highest BCUT2D eigenvalue weighted by atomic mass is 16.3. The molecular formula is C15H23NO2. The number of nitrogens with zero attached hydrogens (tertiary/aromatic N) is 1. The lowest BCUT2D eigenvalue weighted by Crippen LogP contribution is -2.33. The number of aryl methyl sites for hydroxylation is 1. The SMILES string of the molecule is Cc1ccc(C(O)CCN2CCCC2CO)cc1. The van der Waals surface area contributed by atoms with Crippen LogP contribution in [0.3, 0.4) is 0 Å². The minimum absolute atomic E-state index is 0.237. The molecule has 3 nitrogen and oxygen atoms in total. The van der Waals surface area contributed by atoms with E-state index in [1.165, 1.54) is 5.56 Å². The monoisotopic (exact) mass is 249 g/mol. The van der Waals surface area contributed by atoms with Gasteiger partial charge in [0, 0.05) is 12.6 Å². The maximum absolute atomic E-state index is 10.1. The Hall–Kier alpha value is -0.900. The van der Waals surface area contributed by atoms with Crippen LogP contribution in [0.4, 0.5) is 0 Å². The lowest BCUT2D eigenvalue weighted by Gasteiger charge is -2.24. The van der Waals surface area contributed by atoms with E-state index in [9.17, 15) is 10.2 Å². The van der Waals surface area contributed by atoms with Crippen LogP contribution in [-0.4, -0.2) is 40.9 Å². The van der Waals surface area contributed by atoms with Crippen molar-refractivity contribution in [1.82, 2.24) is 4.90 Å². The topological polar surface area (TPSA) is 43.7 Å². The van der Waals surface area contributed by atoms with E-state index in [2.05, 4.69) is 4.90 Å². The predicted octanol–water partition coefficient (Wildman–Crippen LogP) is 1.88. The number of aliphatic hydroxyl groups is 2. The molecule has 1 aromatic carbocycles. The zero-order valence-electron chi connectivity index (χ0n) is 11.0. The average molecular weight is 249 g/mol. The highest BCUT2D eigenvalue weighted by Gasteiger charge is 2.23. The molecule has 0 spiro atoms. The van der Waals surface area contributed by atoms with Gasteiger partial charge in [0.1, 0.15) is 0 Å². The van der Waals surface area contributed by atoms with Gasteiger partial charge in [0.25, 0.3) is 0 Å². The third kappa shape index (κ3) is 3.31. The molecule has 1 aromatic rings. The minimum atomic E-state index is -0.398. The van der Waals surface area contributed by atoms with Gasteiger partial charge in [0.2, 0.25) is 0 Å². The van der Waals surface area contributed by atoms with E-state index in [-0.39, 0.29) is 6.61 Å². The fourth-order valence-corrected chi connectivity index (χ4v) is 2.64. The molecular weight excluding hydrogens is 226 g/mol. The van der Waals surface area contributed by atoms with Crippen LogP contribution in [0.1, 0.15) is 36.5 Å². The summed E-state index contributed by atoms with van der Waals surface area (Å²) < 4.78 is 0. The molecule has 0 amide bonds. The van der Waals surface area contributed by atoms with Crippen molar-refractivity contribution >= 4 is 0 Å². The third-order valence-electron chi connectivity index (χ3n) is 3.86. The van der Waals surface area contributed by atoms with Crippen LogP contribution in [0, 0.1) is 6.92 Å². The smallest absolute Gasteiger partial charge is 0.0802 e. The molecule has 18 heavy (non-hydrogen) atoms. The molecule has 2 unspecified atom stereocenters. The molecule has 1 heterocycles. The van der Waals surface area contributed by atoms with Gasteiger partial charge < -0.3 is 10.2 Å². The Morgan fingerprint density at radius 1 is 1.33 bits per heavy atom. The van der Waals surface area contributed by atoms with Crippen LogP contribution in [0.15, 0.2) is 24.3 Å². The van der Waals surface area contributed by atoms with Crippen molar-refractivity contribution in [1.29, 1.82) is 0 Å². The summed E-state index contributed by atoms with van der Waals surface area (Å²) in [5.41, 5.74) is 2.20. The Morgan fingerprint density at radius 2 is 2.06 bits per heavy atom. The Bertz CT molecular complexity index is 363. The largest absolute Gasteiger partial charge is 0.395 e. The van der Waals surface area contributed by atoms with Crippen molar-refractivity contribution in [2.24, 2.45) is 0 Å². The maximum Gasteiger partial charge on any atom is 0.0802 e. The summed E-state index contributed by atoms with van der Waals surface area (Å²) in [4.78, 5) is 2.29. The zero-order chi connectivity index (χ0) is 13.0. The maximum atomic E-state index is 10.1. The zero-order valence-corrected chi connectivity index (χ0v) is 11.0. The van der Waals surface area contributed by atoms with Crippen molar-refractivity contribution in [3.05, 3.63) is 35.4 Å². The Morgan fingerprint density at radius 3 is 2.72 bits per heavy atom. The second-order valence-corrected chi connectivity index (χ2v) is 5.23. The van der Waals surface area contributed by atoms with Crippen LogP contribution >= 0.6 is 0 Å². The van der Waals surface area contributed by atoms with Crippen molar-refractivity contribution in [2.75, 3.05) is 19.7 Å². The normalized spacial score (nSPS) is 22.3. The molecule has 0 aliphatic carbocycles. The van der Waals surface area contributed by atoms with Gasteiger partial charge in [0.05, 0.1) is 12.7 Å². The fourth-order valence-electron chi connectivity index (χ4n) is 2.64. The van der Waals surface area contributed by atoms with Crippen molar-refractivity contribution in [2.45, 2.75) is 38.3 Å². The van der Waals surface area contributed by atoms with Gasteiger partial charge in [-0.25, -0.2) is 0 Å². The first-order chi connectivity index (χ1) is 8.70. The number of hydrogen-bond donors (Lipinski definition) is 2. The summed E-state index contributed by atoms with van der Waals surface area (Å²) in [7, 11) is 0. The highest BCUT2D eigenvalue weighted by molar-refractivity contribution is 5.23. The summed E-state index contributed by atoms with van der Waals surface area (Å²) in [6, 6.07) is 8.35. The van der Waals surface area contributed by atoms with Gasteiger partial charge in [-0.3, -0.25) is 4.90 Å². The summed E-state index contributed by atoms with van der Waals surface area (Å²) in [6.07, 6.45) is 2.58. The first kappa shape index (κ1) is 13.5. The quantitative estimate of drug-likeness (QED) is 0.837. The van der Waals surface area contributed by atoms with Crippen molar-refractivity contribution in [3.63, 3.8) is 0 Å². The van der Waals surface area contributed by atoms with Crippen LogP contribution in [0.25, 0.3) is 0 Å². The number of benzene rings is 1. The number of rotatable bonds is 5. The van der Waals surface area contributed by atoms with Crippen LogP contribution < -0.4 is 0 Å². The first-order valence-electron chi connectivity index (χ1n) is 6.80. The molecule has 3 heteroatoms. The van der Waals surface area contributed by atoms with Crippen molar-refractivity contribution < 1.29 is 10.2 Å². The highest BCUT2D eigenvalue weighted by Crippen LogP contribution is 2.21. The molecule has 0 bridgehead atoms. The molecule has 100 valence electrons. The van der Waals surface area contributed by atoms with Gasteiger partial charge in [0.15, 0.2) is 0 Å². The summed E-state index contributed by atoms with van der Waals surface area (Å²) in [5, 5.41) is 19.4. The van der Waals surface area contributed by atoms with Gasteiger partial charge in [-0.1, -0.05) is 29.8 Å². The van der Waals surface area contributed by atoms with Gasteiger partial charge >= 0.3 is 0 Å². The third-order valence-corrected chi connectivity index (χ3v) is 3.86. The standard InChI is InChI=1S/C15H23NO2/c1-12-4-6-13(7-5-12)15(18)8-10-16-9-2-3-14(16)11-17/h4-7,14-15,17-18H,2-3,8-11H2,1H3. The Kier molecular flexibility index (Phi) is 4.75. The Labute approximate surface area is 109 Å². The van der Waals surface area contributed by atoms with E-state index in [0.29, 0.717) is 6.04 Å². The molecule has 1 saturated heterocycles. The first-order valence-corrected chi connectivity index (χ1v) is 6.80. The van der Waals surface area contributed by atoms with Crippen molar-refractivity contribution in [3.8, 4) is 0 Å². The molecule has 1 aliphatic heterocycles. The average Bonchev–Trinajstić information content (AvgIpc) is 2.84. The minimum Gasteiger partial charge on any atom is -0.395 e. The van der Waals surface area contributed by atoms with E-state index in [1.807, 2.05) is 31.2 Å². The molecule has 1 aliphatic rings. The lowest BCUT2D eigenvalue weighted by atomic mass is 10.0. The van der Waals surface area contributed by atoms with Crippen LogP contribution in [0.5, 0.6) is 0 Å².